The molecule has 0 saturated heterocycles. The topological polar surface area (TPSA) is 47.3 Å². The molecule has 4 nitrogen and oxygen atoms in total. The standard InChI is InChI=1S/C17H22N2O2/c1-3-19-15(14(21-2)12-18-19)16(20)17(10-7-11-17)13-8-5-4-6-9-13/h4-6,8-9,12,16,20H,3,7,10-11H2,1-2H3. The first-order valence-electron chi connectivity index (χ1n) is 7.56. The van der Waals surface area contributed by atoms with Crippen LogP contribution in [0.2, 0.25) is 0 Å². The lowest BCUT2D eigenvalue weighted by atomic mass is 9.60. The summed E-state index contributed by atoms with van der Waals surface area (Å²) in [6, 6.07) is 10.3. The van der Waals surface area contributed by atoms with Gasteiger partial charge in [-0.05, 0) is 25.3 Å². The van der Waals surface area contributed by atoms with Crippen LogP contribution in [-0.2, 0) is 12.0 Å². The van der Waals surface area contributed by atoms with E-state index in [0.717, 1.165) is 31.5 Å². The van der Waals surface area contributed by atoms with Crippen molar-refractivity contribution in [3.05, 3.63) is 47.8 Å². The van der Waals surface area contributed by atoms with Gasteiger partial charge in [-0.3, -0.25) is 4.68 Å². The van der Waals surface area contributed by atoms with Gasteiger partial charge < -0.3 is 9.84 Å². The van der Waals surface area contributed by atoms with Crippen molar-refractivity contribution in [3.8, 4) is 5.75 Å². The molecular formula is C17H22N2O2. The summed E-state index contributed by atoms with van der Waals surface area (Å²) >= 11 is 0. The van der Waals surface area contributed by atoms with Gasteiger partial charge in [-0.25, -0.2) is 0 Å². The number of aryl methyl sites for hydroxylation is 1. The Balaban J connectivity index is 2.04. The van der Waals surface area contributed by atoms with E-state index in [1.165, 1.54) is 5.56 Å². The second-order valence-corrected chi connectivity index (χ2v) is 5.69. The van der Waals surface area contributed by atoms with Crippen molar-refractivity contribution >= 4 is 0 Å². The van der Waals surface area contributed by atoms with Crippen molar-refractivity contribution in [1.82, 2.24) is 9.78 Å². The van der Waals surface area contributed by atoms with Crippen LogP contribution < -0.4 is 4.74 Å². The van der Waals surface area contributed by atoms with Crippen LogP contribution in [0.25, 0.3) is 0 Å². The van der Waals surface area contributed by atoms with Gasteiger partial charge in [0, 0.05) is 12.0 Å². The second kappa shape index (κ2) is 5.53. The third-order valence-electron chi connectivity index (χ3n) is 4.74. The zero-order valence-corrected chi connectivity index (χ0v) is 12.6. The van der Waals surface area contributed by atoms with E-state index in [1.54, 1.807) is 13.3 Å². The van der Waals surface area contributed by atoms with Crippen LogP contribution in [-0.4, -0.2) is 22.0 Å². The Morgan fingerprint density at radius 3 is 2.57 bits per heavy atom. The Kier molecular flexibility index (Phi) is 3.72. The van der Waals surface area contributed by atoms with Crippen molar-refractivity contribution in [2.75, 3.05) is 7.11 Å². The summed E-state index contributed by atoms with van der Waals surface area (Å²) in [6.07, 6.45) is 4.24. The number of aliphatic hydroxyl groups excluding tert-OH is 1. The number of hydrogen-bond acceptors (Lipinski definition) is 3. The van der Waals surface area contributed by atoms with Gasteiger partial charge in [-0.2, -0.15) is 5.10 Å². The molecule has 0 bridgehead atoms. The third kappa shape index (κ3) is 2.14. The van der Waals surface area contributed by atoms with E-state index in [-0.39, 0.29) is 5.41 Å². The normalized spacial score (nSPS) is 18.0. The van der Waals surface area contributed by atoms with E-state index < -0.39 is 6.10 Å². The predicted octanol–water partition coefficient (Wildman–Crippen LogP) is 3.07. The van der Waals surface area contributed by atoms with Crippen molar-refractivity contribution in [2.45, 2.75) is 44.2 Å². The number of ether oxygens (including phenoxy) is 1. The Bertz CT molecular complexity index is 581. The Hall–Kier alpha value is -1.81. The summed E-state index contributed by atoms with van der Waals surface area (Å²) in [6.45, 7) is 2.75. The SMILES string of the molecule is CCn1ncc(OC)c1C(O)C1(c2ccccc2)CCC1. The quantitative estimate of drug-likeness (QED) is 0.919. The number of aliphatic hydroxyl groups is 1. The zero-order valence-electron chi connectivity index (χ0n) is 12.6. The number of hydrogen-bond donors (Lipinski definition) is 1. The predicted molar refractivity (Wildman–Crippen MR) is 81.4 cm³/mol. The van der Waals surface area contributed by atoms with Crippen LogP contribution >= 0.6 is 0 Å². The fourth-order valence-corrected chi connectivity index (χ4v) is 3.37. The zero-order chi connectivity index (χ0) is 14.9. The van der Waals surface area contributed by atoms with E-state index in [9.17, 15) is 5.11 Å². The molecule has 1 saturated carbocycles. The first-order chi connectivity index (χ1) is 10.2. The molecule has 1 aromatic heterocycles. The molecule has 0 radical (unpaired) electrons. The summed E-state index contributed by atoms with van der Waals surface area (Å²) in [5.74, 6) is 0.673. The van der Waals surface area contributed by atoms with Gasteiger partial charge in [-0.1, -0.05) is 36.8 Å². The second-order valence-electron chi connectivity index (χ2n) is 5.69. The molecular weight excluding hydrogens is 264 g/mol. The fourth-order valence-electron chi connectivity index (χ4n) is 3.37. The van der Waals surface area contributed by atoms with Crippen molar-refractivity contribution in [3.63, 3.8) is 0 Å². The van der Waals surface area contributed by atoms with Crippen LogP contribution in [0.15, 0.2) is 36.5 Å². The Morgan fingerprint density at radius 1 is 1.33 bits per heavy atom. The van der Waals surface area contributed by atoms with Crippen LogP contribution in [0.3, 0.4) is 0 Å². The monoisotopic (exact) mass is 286 g/mol. The maximum absolute atomic E-state index is 11.1. The summed E-state index contributed by atoms with van der Waals surface area (Å²) < 4.78 is 7.25. The van der Waals surface area contributed by atoms with Gasteiger partial charge in [0.2, 0.25) is 0 Å². The number of methoxy groups -OCH3 is 1. The molecule has 1 aliphatic carbocycles. The van der Waals surface area contributed by atoms with Crippen LogP contribution in [0.4, 0.5) is 0 Å². The smallest absolute Gasteiger partial charge is 0.162 e. The Morgan fingerprint density at radius 2 is 2.05 bits per heavy atom. The molecule has 4 heteroatoms. The van der Waals surface area contributed by atoms with Crippen LogP contribution in [0.5, 0.6) is 5.75 Å². The molecule has 0 spiro atoms. The highest BCUT2D eigenvalue weighted by atomic mass is 16.5. The minimum Gasteiger partial charge on any atom is -0.493 e. The molecule has 1 heterocycles. The lowest BCUT2D eigenvalue weighted by Crippen LogP contribution is -2.41. The van der Waals surface area contributed by atoms with Gasteiger partial charge >= 0.3 is 0 Å². The lowest BCUT2D eigenvalue weighted by molar-refractivity contribution is 0.0189. The van der Waals surface area contributed by atoms with Crippen molar-refractivity contribution in [1.29, 1.82) is 0 Å². The highest BCUT2D eigenvalue weighted by molar-refractivity contribution is 5.37. The largest absolute Gasteiger partial charge is 0.493 e. The first-order valence-corrected chi connectivity index (χ1v) is 7.56. The van der Waals surface area contributed by atoms with Gasteiger partial charge in [0.15, 0.2) is 5.75 Å². The number of benzene rings is 1. The molecule has 1 N–H and O–H groups in total. The molecule has 2 aromatic rings. The average Bonchev–Trinajstić information content (AvgIpc) is 2.90. The lowest BCUT2D eigenvalue weighted by Gasteiger charge is -2.46. The molecule has 1 aromatic carbocycles. The van der Waals surface area contributed by atoms with E-state index in [2.05, 4.69) is 17.2 Å². The average molecular weight is 286 g/mol. The molecule has 1 atom stereocenters. The summed E-state index contributed by atoms with van der Waals surface area (Å²) in [7, 11) is 1.63. The maximum Gasteiger partial charge on any atom is 0.162 e. The Labute approximate surface area is 125 Å². The molecule has 1 fully saturated rings. The van der Waals surface area contributed by atoms with Crippen molar-refractivity contribution < 1.29 is 9.84 Å². The highest BCUT2D eigenvalue weighted by Gasteiger charge is 2.47. The number of nitrogens with zero attached hydrogens (tertiary/aromatic N) is 2. The van der Waals surface area contributed by atoms with Gasteiger partial charge in [0.05, 0.1) is 13.3 Å². The molecule has 112 valence electrons. The van der Waals surface area contributed by atoms with Crippen LogP contribution in [0.1, 0.15) is 43.5 Å². The number of rotatable bonds is 5. The highest BCUT2D eigenvalue weighted by Crippen LogP contribution is 2.53. The summed E-state index contributed by atoms with van der Waals surface area (Å²) in [4.78, 5) is 0. The molecule has 21 heavy (non-hydrogen) atoms. The maximum atomic E-state index is 11.1. The van der Waals surface area contributed by atoms with E-state index >= 15 is 0 Å². The molecule has 3 rings (SSSR count). The number of aromatic nitrogens is 2. The minimum atomic E-state index is -0.592. The van der Waals surface area contributed by atoms with E-state index in [4.69, 9.17) is 4.74 Å². The van der Waals surface area contributed by atoms with Crippen molar-refractivity contribution in [2.24, 2.45) is 0 Å². The van der Waals surface area contributed by atoms with Crippen LogP contribution in [0, 0.1) is 0 Å². The van der Waals surface area contributed by atoms with Gasteiger partial charge in [0.1, 0.15) is 11.8 Å². The molecule has 1 unspecified atom stereocenters. The first kappa shape index (κ1) is 14.1. The third-order valence-corrected chi connectivity index (χ3v) is 4.74. The van der Waals surface area contributed by atoms with Gasteiger partial charge in [-0.15, -0.1) is 0 Å². The summed E-state index contributed by atoms with van der Waals surface area (Å²) in [5, 5.41) is 15.4. The molecule has 1 aliphatic rings. The van der Waals surface area contributed by atoms with E-state index in [0.29, 0.717) is 5.75 Å². The minimum absolute atomic E-state index is 0.207. The van der Waals surface area contributed by atoms with Gasteiger partial charge in [0.25, 0.3) is 0 Å². The van der Waals surface area contributed by atoms with E-state index in [1.807, 2.05) is 29.8 Å². The molecule has 0 aliphatic heterocycles. The summed E-state index contributed by atoms with van der Waals surface area (Å²) in [5.41, 5.74) is 1.79. The molecule has 0 amide bonds. The fraction of sp³-hybridized carbons (Fsp3) is 0.471.